The number of fused-ring (bicyclic) bond motifs is 2. The van der Waals surface area contributed by atoms with E-state index in [1.807, 2.05) is 0 Å². The van der Waals surface area contributed by atoms with Crippen molar-refractivity contribution in [2.24, 2.45) is 5.92 Å². The lowest BCUT2D eigenvalue weighted by Gasteiger charge is -2.23. The fourth-order valence-electron chi connectivity index (χ4n) is 3.25. The van der Waals surface area contributed by atoms with Crippen molar-refractivity contribution < 1.29 is 13.2 Å². The van der Waals surface area contributed by atoms with Gasteiger partial charge in [0.1, 0.15) is 5.75 Å². The van der Waals surface area contributed by atoms with E-state index in [9.17, 15) is 8.42 Å². The minimum absolute atomic E-state index is 0.297. The molecule has 2 heterocycles. The molecule has 2 atom stereocenters. The molecular weight excluding hydrogens is 312 g/mol. The predicted molar refractivity (Wildman–Crippen MR) is 90.1 cm³/mol. The third-order valence-electron chi connectivity index (χ3n) is 4.53. The first-order chi connectivity index (χ1) is 10.9. The van der Waals surface area contributed by atoms with Gasteiger partial charge < -0.3 is 10.1 Å². The summed E-state index contributed by atoms with van der Waals surface area (Å²) in [7, 11) is -3.42. The topological polar surface area (TPSA) is 58.6 Å². The van der Waals surface area contributed by atoms with E-state index in [4.69, 9.17) is 4.74 Å². The molecule has 23 heavy (non-hydrogen) atoms. The number of hydrogen-bond donors (Lipinski definition) is 1. The molecule has 2 unspecified atom stereocenters. The molecular formula is C17H26N2O3S. The summed E-state index contributed by atoms with van der Waals surface area (Å²) in [5.41, 5.74) is 0. The molecule has 128 valence electrons. The highest BCUT2D eigenvalue weighted by Crippen LogP contribution is 2.26. The first-order valence-corrected chi connectivity index (χ1v) is 9.88. The summed E-state index contributed by atoms with van der Waals surface area (Å²) < 4.78 is 33.0. The minimum Gasteiger partial charge on any atom is -0.493 e. The van der Waals surface area contributed by atoms with Gasteiger partial charge in [0.15, 0.2) is 0 Å². The molecule has 0 amide bonds. The van der Waals surface area contributed by atoms with E-state index < -0.39 is 10.0 Å². The second-order valence-corrected chi connectivity index (χ2v) is 8.90. The molecule has 6 heteroatoms. The quantitative estimate of drug-likeness (QED) is 0.894. The molecule has 0 saturated carbocycles. The summed E-state index contributed by atoms with van der Waals surface area (Å²) in [6.07, 6.45) is 3.13. The maximum absolute atomic E-state index is 12.9. The molecule has 5 nitrogen and oxygen atoms in total. The van der Waals surface area contributed by atoms with Crippen molar-refractivity contribution in [3.63, 3.8) is 0 Å². The van der Waals surface area contributed by atoms with Crippen molar-refractivity contribution in [3.05, 3.63) is 24.3 Å². The summed E-state index contributed by atoms with van der Waals surface area (Å²) in [6, 6.07) is 7.58. The van der Waals surface area contributed by atoms with Gasteiger partial charge >= 0.3 is 0 Å². The fraction of sp³-hybridized carbons (Fsp3) is 0.647. The lowest BCUT2D eigenvalue weighted by atomic mass is 10.1. The monoisotopic (exact) mass is 338 g/mol. The molecule has 1 aromatic rings. The van der Waals surface area contributed by atoms with Crippen LogP contribution in [0.3, 0.4) is 0 Å². The van der Waals surface area contributed by atoms with E-state index >= 15 is 0 Å². The zero-order valence-electron chi connectivity index (χ0n) is 13.9. The van der Waals surface area contributed by atoms with E-state index in [1.165, 1.54) is 6.42 Å². The molecule has 2 fully saturated rings. The van der Waals surface area contributed by atoms with Crippen molar-refractivity contribution in [1.82, 2.24) is 9.62 Å². The maximum atomic E-state index is 12.9. The summed E-state index contributed by atoms with van der Waals surface area (Å²) in [4.78, 5) is 0.354. The van der Waals surface area contributed by atoms with Gasteiger partial charge in [0.2, 0.25) is 10.0 Å². The van der Waals surface area contributed by atoms with Crippen LogP contribution in [-0.4, -0.2) is 44.5 Å². The number of rotatable bonds is 5. The van der Waals surface area contributed by atoms with Gasteiger partial charge in [-0.15, -0.1) is 0 Å². The van der Waals surface area contributed by atoms with Gasteiger partial charge in [0.25, 0.3) is 0 Å². The smallest absolute Gasteiger partial charge is 0.243 e. The van der Waals surface area contributed by atoms with Crippen LogP contribution in [-0.2, 0) is 10.0 Å². The molecule has 0 aromatic heterocycles. The van der Waals surface area contributed by atoms with Gasteiger partial charge in [-0.1, -0.05) is 13.8 Å². The van der Waals surface area contributed by atoms with Crippen molar-refractivity contribution in [2.45, 2.75) is 50.1 Å². The number of ether oxygens (including phenoxy) is 1. The Morgan fingerprint density at radius 3 is 2.57 bits per heavy atom. The van der Waals surface area contributed by atoms with Gasteiger partial charge in [0, 0.05) is 25.2 Å². The van der Waals surface area contributed by atoms with Gasteiger partial charge in [-0.05, 0) is 49.4 Å². The van der Waals surface area contributed by atoms with E-state index in [0.29, 0.717) is 48.3 Å². The first-order valence-electron chi connectivity index (χ1n) is 8.44. The number of nitrogens with zero attached hydrogens (tertiary/aromatic N) is 1. The third kappa shape index (κ3) is 3.87. The van der Waals surface area contributed by atoms with Crippen LogP contribution in [0.4, 0.5) is 0 Å². The lowest BCUT2D eigenvalue weighted by molar-refractivity contribution is 0.271. The number of benzene rings is 1. The van der Waals surface area contributed by atoms with Crippen molar-refractivity contribution in [3.8, 4) is 5.75 Å². The van der Waals surface area contributed by atoms with Crippen LogP contribution in [0.1, 0.15) is 33.1 Å². The molecule has 0 spiro atoms. The highest BCUT2D eigenvalue weighted by Gasteiger charge is 2.34. The molecule has 3 rings (SSSR count). The number of sulfonamides is 1. The Labute approximate surface area is 139 Å². The molecule has 2 bridgehead atoms. The molecule has 0 radical (unpaired) electrons. The van der Waals surface area contributed by atoms with Gasteiger partial charge in [-0.25, -0.2) is 8.42 Å². The van der Waals surface area contributed by atoms with E-state index in [1.54, 1.807) is 28.6 Å². The van der Waals surface area contributed by atoms with Crippen LogP contribution < -0.4 is 10.1 Å². The molecule has 2 aliphatic rings. The summed E-state index contributed by atoms with van der Waals surface area (Å²) in [5, 5.41) is 3.52. The molecule has 0 aliphatic carbocycles. The van der Waals surface area contributed by atoms with Gasteiger partial charge in [0.05, 0.1) is 11.5 Å². The summed E-state index contributed by atoms with van der Waals surface area (Å²) in [6.45, 7) is 5.97. The van der Waals surface area contributed by atoms with Crippen LogP contribution >= 0.6 is 0 Å². The normalized spacial score (nSPS) is 25.5. The summed E-state index contributed by atoms with van der Waals surface area (Å²) in [5.74, 6) is 1.16. The Morgan fingerprint density at radius 2 is 1.87 bits per heavy atom. The predicted octanol–water partition coefficient (Wildman–Crippen LogP) is 2.24. The lowest BCUT2D eigenvalue weighted by Crippen LogP contribution is -2.39. The Hall–Kier alpha value is -1.11. The van der Waals surface area contributed by atoms with Crippen molar-refractivity contribution in [2.75, 3.05) is 19.7 Å². The second kappa shape index (κ2) is 6.79. The Bertz CT molecular complexity index is 628. The average Bonchev–Trinajstić information content (AvgIpc) is 2.84. The van der Waals surface area contributed by atoms with E-state index in [2.05, 4.69) is 19.2 Å². The Balaban J connectivity index is 1.71. The Morgan fingerprint density at radius 1 is 1.17 bits per heavy atom. The number of hydrogen-bond acceptors (Lipinski definition) is 4. The molecule has 1 aromatic carbocycles. The maximum Gasteiger partial charge on any atom is 0.243 e. The van der Waals surface area contributed by atoms with Gasteiger partial charge in [-0.3, -0.25) is 0 Å². The van der Waals surface area contributed by atoms with Crippen LogP contribution in [0.25, 0.3) is 0 Å². The highest BCUT2D eigenvalue weighted by molar-refractivity contribution is 7.89. The molecule has 1 N–H and O–H groups in total. The fourth-order valence-corrected chi connectivity index (χ4v) is 4.75. The van der Waals surface area contributed by atoms with Crippen LogP contribution in [0, 0.1) is 5.92 Å². The van der Waals surface area contributed by atoms with Gasteiger partial charge in [-0.2, -0.15) is 4.31 Å². The zero-order valence-corrected chi connectivity index (χ0v) is 14.7. The number of nitrogens with one attached hydrogen (secondary N) is 1. The van der Waals surface area contributed by atoms with Crippen LogP contribution in [0.15, 0.2) is 29.2 Å². The van der Waals surface area contributed by atoms with Crippen molar-refractivity contribution >= 4 is 10.0 Å². The average molecular weight is 338 g/mol. The molecule has 2 aliphatic heterocycles. The standard InChI is InChI=1S/C17H26N2O3S/c1-13(2)12-22-16-5-7-17(8-6-16)23(20,21)19-10-9-14-3-4-15(11-19)18-14/h5-8,13-15,18H,3-4,9-12H2,1-2H3. The van der Waals surface area contributed by atoms with E-state index in [-0.39, 0.29) is 0 Å². The largest absolute Gasteiger partial charge is 0.493 e. The zero-order chi connectivity index (χ0) is 16.4. The third-order valence-corrected chi connectivity index (χ3v) is 6.41. The highest BCUT2D eigenvalue weighted by atomic mass is 32.2. The first kappa shape index (κ1) is 16.7. The van der Waals surface area contributed by atoms with Crippen LogP contribution in [0.2, 0.25) is 0 Å². The van der Waals surface area contributed by atoms with Crippen molar-refractivity contribution in [1.29, 1.82) is 0 Å². The SMILES string of the molecule is CC(C)COc1ccc(S(=O)(=O)N2CCC3CCC(C2)N3)cc1. The minimum atomic E-state index is -3.42. The second-order valence-electron chi connectivity index (χ2n) is 6.97. The summed E-state index contributed by atoms with van der Waals surface area (Å²) >= 11 is 0. The Kier molecular flexibility index (Phi) is 4.94. The van der Waals surface area contributed by atoms with E-state index in [0.717, 1.165) is 12.8 Å². The van der Waals surface area contributed by atoms with Crippen LogP contribution in [0.5, 0.6) is 5.75 Å². The molecule has 2 saturated heterocycles.